The number of phenols is 2. The highest BCUT2D eigenvalue weighted by Crippen LogP contribution is 2.23. The maximum absolute atomic E-state index is 12.0. The predicted octanol–water partition coefficient (Wildman–Crippen LogP) is 2.98. The van der Waals surface area contributed by atoms with E-state index in [1.165, 1.54) is 12.1 Å². The number of phenolic OH excluding ortho intramolecular Hbond substituents is 2. The molecule has 0 saturated heterocycles. The number of aryl methyl sites for hydroxylation is 2. The molecule has 0 saturated carbocycles. The van der Waals surface area contributed by atoms with Crippen LogP contribution in [0, 0.1) is 13.8 Å². The number of rotatable bonds is 4. The van der Waals surface area contributed by atoms with Crippen LogP contribution in [0.2, 0.25) is 0 Å². The van der Waals surface area contributed by atoms with E-state index in [1.807, 2.05) is 32.0 Å². The van der Waals surface area contributed by atoms with Gasteiger partial charge in [-0.3, -0.25) is 4.79 Å². The van der Waals surface area contributed by atoms with Crippen molar-refractivity contribution in [3.05, 3.63) is 53.1 Å². The van der Waals surface area contributed by atoms with Crippen molar-refractivity contribution in [1.82, 2.24) is 0 Å². The third kappa shape index (κ3) is 3.29. The van der Waals surface area contributed by atoms with E-state index in [9.17, 15) is 15.0 Å². The standard InChI is InChI=1S/C16H16O4/c1-10-5-11(2)7-13(6-10)20-9-16(19)14-4-3-12(17)8-15(14)18/h3-8,17-18H,9H2,1-2H3. The molecule has 0 aliphatic carbocycles. The van der Waals surface area contributed by atoms with Crippen molar-refractivity contribution in [2.45, 2.75) is 13.8 Å². The fourth-order valence-electron chi connectivity index (χ4n) is 2.00. The molecule has 0 fully saturated rings. The lowest BCUT2D eigenvalue weighted by molar-refractivity contribution is 0.0918. The number of benzene rings is 2. The van der Waals surface area contributed by atoms with Crippen LogP contribution in [0.15, 0.2) is 36.4 Å². The number of aromatic hydroxyl groups is 2. The molecule has 2 N–H and O–H groups in total. The summed E-state index contributed by atoms with van der Waals surface area (Å²) in [5, 5.41) is 18.8. The zero-order chi connectivity index (χ0) is 14.7. The van der Waals surface area contributed by atoms with Crippen LogP contribution in [0.5, 0.6) is 17.2 Å². The quantitative estimate of drug-likeness (QED) is 0.840. The Morgan fingerprint density at radius 2 is 1.70 bits per heavy atom. The maximum atomic E-state index is 12.0. The molecule has 104 valence electrons. The molecule has 0 radical (unpaired) electrons. The molecule has 0 aliphatic rings. The minimum absolute atomic E-state index is 0.0886. The highest BCUT2D eigenvalue weighted by molar-refractivity contribution is 5.99. The van der Waals surface area contributed by atoms with E-state index in [0.717, 1.165) is 17.2 Å². The molecule has 0 aromatic heterocycles. The maximum Gasteiger partial charge on any atom is 0.203 e. The van der Waals surface area contributed by atoms with Crippen LogP contribution in [0.4, 0.5) is 0 Å². The fourth-order valence-corrected chi connectivity index (χ4v) is 2.00. The minimum atomic E-state index is -0.346. The lowest BCUT2D eigenvalue weighted by atomic mass is 10.1. The Bertz CT molecular complexity index is 627. The van der Waals surface area contributed by atoms with Crippen molar-refractivity contribution < 1.29 is 19.7 Å². The van der Waals surface area contributed by atoms with E-state index in [2.05, 4.69) is 0 Å². The SMILES string of the molecule is Cc1cc(C)cc(OCC(=O)c2ccc(O)cc2O)c1. The van der Waals surface area contributed by atoms with Gasteiger partial charge >= 0.3 is 0 Å². The van der Waals surface area contributed by atoms with E-state index in [0.29, 0.717) is 5.75 Å². The van der Waals surface area contributed by atoms with Crippen molar-refractivity contribution in [2.75, 3.05) is 6.61 Å². The summed E-state index contributed by atoms with van der Waals surface area (Å²) >= 11 is 0. The van der Waals surface area contributed by atoms with Crippen LogP contribution in [0.25, 0.3) is 0 Å². The average molecular weight is 272 g/mol. The van der Waals surface area contributed by atoms with Crippen LogP contribution in [-0.2, 0) is 0 Å². The normalized spacial score (nSPS) is 10.3. The molecule has 0 atom stereocenters. The molecule has 2 aromatic rings. The molecule has 0 heterocycles. The largest absolute Gasteiger partial charge is 0.508 e. The first kappa shape index (κ1) is 13.9. The molecule has 4 nitrogen and oxygen atoms in total. The topological polar surface area (TPSA) is 66.8 Å². The molecule has 0 aliphatic heterocycles. The second-order valence-corrected chi connectivity index (χ2v) is 4.74. The fraction of sp³-hybridized carbons (Fsp3) is 0.188. The highest BCUT2D eigenvalue weighted by Gasteiger charge is 2.12. The number of hydrogen-bond acceptors (Lipinski definition) is 4. The first-order valence-corrected chi connectivity index (χ1v) is 6.22. The van der Waals surface area contributed by atoms with Gasteiger partial charge in [-0.2, -0.15) is 0 Å². The number of carbonyl (C=O) groups is 1. The Morgan fingerprint density at radius 3 is 2.30 bits per heavy atom. The first-order valence-electron chi connectivity index (χ1n) is 6.22. The van der Waals surface area contributed by atoms with E-state index in [4.69, 9.17) is 4.74 Å². The summed E-state index contributed by atoms with van der Waals surface area (Å²) in [6, 6.07) is 9.56. The van der Waals surface area contributed by atoms with Gasteiger partial charge < -0.3 is 14.9 Å². The molecule has 0 unspecified atom stereocenters. The summed E-state index contributed by atoms with van der Waals surface area (Å²) in [7, 11) is 0. The second kappa shape index (κ2) is 5.65. The summed E-state index contributed by atoms with van der Waals surface area (Å²) in [6.07, 6.45) is 0. The number of Topliss-reactive ketones (excluding diaryl/α,β-unsaturated/α-hetero) is 1. The Balaban J connectivity index is 2.08. The van der Waals surface area contributed by atoms with Gasteiger partial charge in [0.25, 0.3) is 0 Å². The zero-order valence-corrected chi connectivity index (χ0v) is 11.4. The van der Waals surface area contributed by atoms with E-state index in [1.54, 1.807) is 0 Å². The Morgan fingerprint density at radius 1 is 1.05 bits per heavy atom. The van der Waals surface area contributed by atoms with Gasteiger partial charge in [0.05, 0.1) is 5.56 Å². The minimum Gasteiger partial charge on any atom is -0.508 e. The Hall–Kier alpha value is -2.49. The van der Waals surface area contributed by atoms with Crippen LogP contribution < -0.4 is 4.74 Å². The Kier molecular flexibility index (Phi) is 3.94. The molecule has 2 aromatic carbocycles. The third-order valence-corrected chi connectivity index (χ3v) is 2.85. The van der Waals surface area contributed by atoms with E-state index in [-0.39, 0.29) is 29.5 Å². The molecule has 2 rings (SSSR count). The molecule has 0 amide bonds. The van der Waals surface area contributed by atoms with Gasteiger partial charge in [-0.1, -0.05) is 6.07 Å². The molecular formula is C16H16O4. The van der Waals surface area contributed by atoms with Crippen LogP contribution in [0.3, 0.4) is 0 Å². The lowest BCUT2D eigenvalue weighted by Crippen LogP contribution is -2.11. The lowest BCUT2D eigenvalue weighted by Gasteiger charge is -2.08. The second-order valence-electron chi connectivity index (χ2n) is 4.74. The summed E-state index contributed by atoms with van der Waals surface area (Å²) in [6.45, 7) is 3.74. The smallest absolute Gasteiger partial charge is 0.203 e. The zero-order valence-electron chi connectivity index (χ0n) is 11.4. The van der Waals surface area contributed by atoms with Crippen LogP contribution in [-0.4, -0.2) is 22.6 Å². The van der Waals surface area contributed by atoms with Gasteiger partial charge in [-0.05, 0) is 49.2 Å². The average Bonchev–Trinajstić information content (AvgIpc) is 2.35. The van der Waals surface area contributed by atoms with E-state index < -0.39 is 0 Å². The molecule has 20 heavy (non-hydrogen) atoms. The van der Waals surface area contributed by atoms with Crippen molar-refractivity contribution in [3.63, 3.8) is 0 Å². The van der Waals surface area contributed by atoms with Crippen molar-refractivity contribution >= 4 is 5.78 Å². The number of ketones is 1. The van der Waals surface area contributed by atoms with Crippen molar-refractivity contribution in [1.29, 1.82) is 0 Å². The number of hydrogen-bond donors (Lipinski definition) is 2. The third-order valence-electron chi connectivity index (χ3n) is 2.85. The van der Waals surface area contributed by atoms with Gasteiger partial charge in [0, 0.05) is 6.07 Å². The molecule has 4 heteroatoms. The highest BCUT2D eigenvalue weighted by atomic mass is 16.5. The monoisotopic (exact) mass is 272 g/mol. The van der Waals surface area contributed by atoms with Crippen molar-refractivity contribution in [2.24, 2.45) is 0 Å². The predicted molar refractivity (Wildman–Crippen MR) is 75.5 cm³/mol. The van der Waals surface area contributed by atoms with Gasteiger partial charge in [-0.15, -0.1) is 0 Å². The van der Waals surface area contributed by atoms with Gasteiger partial charge in [0.15, 0.2) is 6.61 Å². The summed E-state index contributed by atoms with van der Waals surface area (Å²) in [5.74, 6) is -0.0657. The Labute approximate surface area is 117 Å². The summed E-state index contributed by atoms with van der Waals surface area (Å²) in [5.41, 5.74) is 2.24. The van der Waals surface area contributed by atoms with Gasteiger partial charge in [0.1, 0.15) is 17.2 Å². The van der Waals surface area contributed by atoms with Gasteiger partial charge in [-0.25, -0.2) is 0 Å². The van der Waals surface area contributed by atoms with Crippen LogP contribution >= 0.6 is 0 Å². The molecular weight excluding hydrogens is 256 g/mol. The molecule has 0 bridgehead atoms. The first-order chi connectivity index (χ1) is 9.45. The molecule has 0 spiro atoms. The van der Waals surface area contributed by atoms with Gasteiger partial charge in [0.2, 0.25) is 5.78 Å². The number of carbonyl (C=O) groups excluding carboxylic acids is 1. The summed E-state index contributed by atoms with van der Waals surface area (Å²) in [4.78, 5) is 12.0. The summed E-state index contributed by atoms with van der Waals surface area (Å²) < 4.78 is 5.45. The van der Waals surface area contributed by atoms with Crippen molar-refractivity contribution in [3.8, 4) is 17.2 Å². The van der Waals surface area contributed by atoms with Crippen LogP contribution in [0.1, 0.15) is 21.5 Å². The number of ether oxygens (including phenoxy) is 1. The van der Waals surface area contributed by atoms with E-state index >= 15 is 0 Å².